The maximum Gasteiger partial charge on any atom is 0.0554 e. The van der Waals surface area contributed by atoms with E-state index in [-0.39, 0.29) is 6.04 Å². The third-order valence-electron chi connectivity index (χ3n) is 3.09. The largest absolute Gasteiger partial charge is 0.320 e. The van der Waals surface area contributed by atoms with Gasteiger partial charge in [0.15, 0.2) is 0 Å². The summed E-state index contributed by atoms with van der Waals surface area (Å²) in [4.78, 5) is 0. The highest BCUT2D eigenvalue weighted by Gasteiger charge is 2.13. The summed E-state index contributed by atoms with van der Waals surface area (Å²) >= 11 is 12.1. The lowest BCUT2D eigenvalue weighted by Gasteiger charge is -2.17. The standard InChI is InChI=1S/C15H15Cl2N/c1-9-7-14(17)10(2)6-13(9)15(18)11-4-3-5-12(16)8-11/h3-8,15H,18H2,1-2H3. The summed E-state index contributed by atoms with van der Waals surface area (Å²) in [5, 5.41) is 1.47. The van der Waals surface area contributed by atoms with E-state index >= 15 is 0 Å². The highest BCUT2D eigenvalue weighted by atomic mass is 35.5. The Labute approximate surface area is 118 Å². The van der Waals surface area contributed by atoms with Crippen LogP contribution in [-0.2, 0) is 0 Å². The van der Waals surface area contributed by atoms with Crippen LogP contribution < -0.4 is 5.73 Å². The summed E-state index contributed by atoms with van der Waals surface area (Å²) in [5.41, 5.74) is 10.5. The molecule has 1 atom stereocenters. The van der Waals surface area contributed by atoms with Gasteiger partial charge < -0.3 is 5.73 Å². The van der Waals surface area contributed by atoms with Crippen molar-refractivity contribution >= 4 is 23.2 Å². The molecule has 1 nitrogen and oxygen atoms in total. The van der Waals surface area contributed by atoms with Gasteiger partial charge in [-0.15, -0.1) is 0 Å². The molecule has 2 N–H and O–H groups in total. The van der Waals surface area contributed by atoms with Gasteiger partial charge in [-0.05, 0) is 54.3 Å². The average Bonchev–Trinajstić information content (AvgIpc) is 2.33. The van der Waals surface area contributed by atoms with Gasteiger partial charge in [0.2, 0.25) is 0 Å². The fourth-order valence-electron chi connectivity index (χ4n) is 2.02. The first-order chi connectivity index (χ1) is 8.49. The smallest absolute Gasteiger partial charge is 0.0554 e. The molecule has 1 unspecified atom stereocenters. The van der Waals surface area contributed by atoms with Crippen molar-refractivity contribution in [3.63, 3.8) is 0 Å². The van der Waals surface area contributed by atoms with Crippen molar-refractivity contribution < 1.29 is 0 Å². The quantitative estimate of drug-likeness (QED) is 0.850. The van der Waals surface area contributed by atoms with Crippen LogP contribution in [0.2, 0.25) is 10.0 Å². The molecule has 0 aliphatic carbocycles. The summed E-state index contributed by atoms with van der Waals surface area (Å²) in [7, 11) is 0. The lowest BCUT2D eigenvalue weighted by atomic mass is 9.94. The Bertz CT molecular complexity index is 579. The van der Waals surface area contributed by atoms with Crippen LogP contribution in [-0.4, -0.2) is 0 Å². The number of rotatable bonds is 2. The van der Waals surface area contributed by atoms with Crippen molar-refractivity contribution in [2.24, 2.45) is 5.73 Å². The zero-order valence-electron chi connectivity index (χ0n) is 10.4. The van der Waals surface area contributed by atoms with Crippen LogP contribution in [0.4, 0.5) is 0 Å². The lowest BCUT2D eigenvalue weighted by Crippen LogP contribution is -2.13. The Hall–Kier alpha value is -1.02. The summed E-state index contributed by atoms with van der Waals surface area (Å²) in [6.45, 7) is 4.00. The molecule has 0 spiro atoms. The summed E-state index contributed by atoms with van der Waals surface area (Å²) in [5.74, 6) is 0. The van der Waals surface area contributed by atoms with Crippen LogP contribution in [0, 0.1) is 13.8 Å². The van der Waals surface area contributed by atoms with E-state index in [4.69, 9.17) is 28.9 Å². The van der Waals surface area contributed by atoms with E-state index in [1.54, 1.807) is 0 Å². The number of hydrogen-bond donors (Lipinski definition) is 1. The van der Waals surface area contributed by atoms with Crippen LogP contribution in [0.3, 0.4) is 0 Å². The number of hydrogen-bond acceptors (Lipinski definition) is 1. The monoisotopic (exact) mass is 279 g/mol. The van der Waals surface area contributed by atoms with Gasteiger partial charge in [-0.25, -0.2) is 0 Å². The van der Waals surface area contributed by atoms with Crippen molar-refractivity contribution in [1.82, 2.24) is 0 Å². The van der Waals surface area contributed by atoms with Crippen molar-refractivity contribution in [1.29, 1.82) is 0 Å². The van der Waals surface area contributed by atoms with Crippen molar-refractivity contribution in [3.8, 4) is 0 Å². The molecule has 0 saturated carbocycles. The van der Waals surface area contributed by atoms with Gasteiger partial charge in [-0.3, -0.25) is 0 Å². The van der Waals surface area contributed by atoms with Crippen molar-refractivity contribution in [2.45, 2.75) is 19.9 Å². The molecule has 0 aromatic heterocycles. The van der Waals surface area contributed by atoms with E-state index in [0.717, 1.165) is 27.3 Å². The molecular weight excluding hydrogens is 265 g/mol. The summed E-state index contributed by atoms with van der Waals surface area (Å²) in [6, 6.07) is 11.5. The lowest BCUT2D eigenvalue weighted by molar-refractivity contribution is 0.860. The summed E-state index contributed by atoms with van der Waals surface area (Å²) < 4.78 is 0. The van der Waals surface area contributed by atoms with E-state index in [0.29, 0.717) is 5.02 Å². The van der Waals surface area contributed by atoms with Gasteiger partial charge in [-0.2, -0.15) is 0 Å². The molecule has 3 heteroatoms. The number of benzene rings is 2. The van der Waals surface area contributed by atoms with Crippen LogP contribution in [0.1, 0.15) is 28.3 Å². The molecule has 2 aromatic carbocycles. The molecule has 0 heterocycles. The van der Waals surface area contributed by atoms with Gasteiger partial charge in [0.25, 0.3) is 0 Å². The first-order valence-electron chi connectivity index (χ1n) is 5.76. The first-order valence-corrected chi connectivity index (χ1v) is 6.52. The Morgan fingerprint density at radius 3 is 2.39 bits per heavy atom. The molecule has 0 bridgehead atoms. The van der Waals surface area contributed by atoms with Crippen molar-refractivity contribution in [3.05, 3.63) is 68.7 Å². The van der Waals surface area contributed by atoms with Gasteiger partial charge in [0, 0.05) is 10.0 Å². The third kappa shape index (κ3) is 2.69. The molecule has 0 amide bonds. The molecular formula is C15H15Cl2N. The molecule has 2 rings (SSSR count). The van der Waals surface area contributed by atoms with Crippen LogP contribution in [0.15, 0.2) is 36.4 Å². The molecule has 0 fully saturated rings. The Morgan fingerprint density at radius 2 is 1.72 bits per heavy atom. The van der Waals surface area contributed by atoms with E-state index in [9.17, 15) is 0 Å². The maximum absolute atomic E-state index is 6.30. The minimum absolute atomic E-state index is 0.181. The van der Waals surface area contributed by atoms with Gasteiger partial charge in [-0.1, -0.05) is 41.4 Å². The Balaban J connectivity index is 2.46. The summed E-state index contributed by atoms with van der Waals surface area (Å²) in [6.07, 6.45) is 0. The second kappa shape index (κ2) is 5.31. The van der Waals surface area contributed by atoms with Crippen LogP contribution >= 0.6 is 23.2 Å². The molecule has 0 radical (unpaired) electrons. The SMILES string of the molecule is Cc1cc(C(N)c2cccc(Cl)c2)c(C)cc1Cl. The molecule has 0 aliphatic rings. The van der Waals surface area contributed by atoms with E-state index in [2.05, 4.69) is 0 Å². The zero-order chi connectivity index (χ0) is 13.3. The first kappa shape index (κ1) is 13.4. The minimum Gasteiger partial charge on any atom is -0.320 e. The fraction of sp³-hybridized carbons (Fsp3) is 0.200. The molecule has 0 aliphatic heterocycles. The predicted octanol–water partition coefficient (Wildman–Crippen LogP) is 4.66. The fourth-order valence-corrected chi connectivity index (χ4v) is 2.43. The highest BCUT2D eigenvalue weighted by molar-refractivity contribution is 6.31. The molecule has 2 aromatic rings. The predicted molar refractivity (Wildman–Crippen MR) is 78.4 cm³/mol. The number of aryl methyl sites for hydroxylation is 2. The van der Waals surface area contributed by atoms with E-state index in [1.807, 2.05) is 50.2 Å². The van der Waals surface area contributed by atoms with Gasteiger partial charge in [0.05, 0.1) is 6.04 Å². The topological polar surface area (TPSA) is 26.0 Å². The second-order valence-electron chi connectivity index (χ2n) is 4.49. The minimum atomic E-state index is -0.181. The van der Waals surface area contributed by atoms with Crippen LogP contribution in [0.25, 0.3) is 0 Å². The second-order valence-corrected chi connectivity index (χ2v) is 5.33. The third-order valence-corrected chi connectivity index (χ3v) is 3.73. The number of halogens is 2. The van der Waals surface area contributed by atoms with Crippen molar-refractivity contribution in [2.75, 3.05) is 0 Å². The normalized spacial score (nSPS) is 12.5. The Kier molecular flexibility index (Phi) is 3.96. The molecule has 94 valence electrons. The molecule has 18 heavy (non-hydrogen) atoms. The van der Waals surface area contributed by atoms with Gasteiger partial charge in [0.1, 0.15) is 0 Å². The maximum atomic E-state index is 6.30. The van der Waals surface area contributed by atoms with Crippen LogP contribution in [0.5, 0.6) is 0 Å². The van der Waals surface area contributed by atoms with Gasteiger partial charge >= 0.3 is 0 Å². The molecule has 0 saturated heterocycles. The zero-order valence-corrected chi connectivity index (χ0v) is 11.9. The van der Waals surface area contributed by atoms with E-state index in [1.165, 1.54) is 0 Å². The number of nitrogens with two attached hydrogens (primary N) is 1. The highest BCUT2D eigenvalue weighted by Crippen LogP contribution is 2.28. The van der Waals surface area contributed by atoms with E-state index < -0.39 is 0 Å². The Morgan fingerprint density at radius 1 is 1.00 bits per heavy atom. The average molecular weight is 280 g/mol.